The Morgan fingerprint density at radius 1 is 1.44 bits per heavy atom. The van der Waals surface area contributed by atoms with Crippen molar-refractivity contribution in [3.8, 4) is 0 Å². The molecule has 1 unspecified atom stereocenters. The molecule has 0 bridgehead atoms. The van der Waals surface area contributed by atoms with Crippen LogP contribution < -0.4 is 0 Å². The molecule has 0 N–H and O–H groups in total. The van der Waals surface area contributed by atoms with E-state index in [1.165, 1.54) is 0 Å². The predicted octanol–water partition coefficient (Wildman–Crippen LogP) is 2.22. The Hall–Kier alpha value is 0.587. The van der Waals surface area contributed by atoms with Crippen LogP contribution in [0.5, 0.6) is 0 Å². The summed E-state index contributed by atoms with van der Waals surface area (Å²) >= 11 is 10.0. The van der Waals surface area contributed by atoms with Crippen LogP contribution in [0.25, 0.3) is 0 Å². The van der Waals surface area contributed by atoms with Crippen LogP contribution in [0.15, 0.2) is 0 Å². The van der Waals surface area contributed by atoms with Crippen molar-refractivity contribution in [3.63, 3.8) is 0 Å². The first-order chi connectivity index (χ1) is 3.89. The second-order valence-electron chi connectivity index (χ2n) is 1.75. The molecule has 0 aromatic rings. The Kier molecular flexibility index (Phi) is 3.32. The van der Waals surface area contributed by atoms with Crippen molar-refractivity contribution >= 4 is 29.6 Å². The molecule has 0 aliphatic heterocycles. The molecule has 0 aromatic heterocycles. The highest BCUT2D eigenvalue weighted by atomic mass is 35.7. The molecule has 0 spiro atoms. The second kappa shape index (κ2) is 3.12. The van der Waals surface area contributed by atoms with Crippen LogP contribution in [0, 0.1) is 0 Å². The Bertz CT molecular complexity index is 85.1. The van der Waals surface area contributed by atoms with Gasteiger partial charge >= 0.3 is 0 Å². The topological polar surface area (TPSA) is 0 Å². The van der Waals surface area contributed by atoms with Crippen molar-refractivity contribution in [2.75, 3.05) is 0 Å². The van der Waals surface area contributed by atoms with E-state index in [4.69, 9.17) is 22.2 Å². The molecule has 9 heavy (non-hydrogen) atoms. The van der Waals surface area contributed by atoms with Gasteiger partial charge in [0.1, 0.15) is 0 Å². The number of rotatable bonds is 2. The largest absolute Gasteiger partial charge is 0.281 e. The molecule has 0 aromatic carbocycles. The summed E-state index contributed by atoms with van der Waals surface area (Å²) in [5, 5.41) is -2.66. The zero-order chi connectivity index (χ0) is 7.65. The molecule has 0 fully saturated rings. The molecule has 0 rings (SSSR count). The molecular formula is C3H5Cl2F3Si. The highest BCUT2D eigenvalue weighted by molar-refractivity contribution is 7.35. The average Bonchev–Trinajstić information content (AvgIpc) is 1.65. The summed E-state index contributed by atoms with van der Waals surface area (Å²) in [5.74, 6) is 0. The van der Waals surface area contributed by atoms with Gasteiger partial charge in [0, 0.05) is 0 Å². The minimum absolute atomic E-state index is 0.717. The monoisotopic (exact) mass is 196 g/mol. The van der Waals surface area contributed by atoms with Crippen molar-refractivity contribution < 1.29 is 13.2 Å². The van der Waals surface area contributed by atoms with Gasteiger partial charge in [-0.2, -0.15) is 0 Å². The maximum Gasteiger partial charge on any atom is 0.281 e. The van der Waals surface area contributed by atoms with Gasteiger partial charge in [-0.15, -0.1) is 22.2 Å². The Morgan fingerprint density at radius 3 is 1.78 bits per heavy atom. The van der Waals surface area contributed by atoms with Crippen LogP contribution in [-0.2, 0) is 0 Å². The van der Waals surface area contributed by atoms with Crippen LogP contribution in [-0.4, -0.2) is 19.1 Å². The standard InChI is InChI=1S/C3H5Cl2F3Si/c1-3(8,2(6)7)9(4)5/h2,9H,1H3. The van der Waals surface area contributed by atoms with Gasteiger partial charge in [-0.25, -0.2) is 13.2 Å². The number of hydrogen-bond donors (Lipinski definition) is 0. The van der Waals surface area contributed by atoms with E-state index in [-0.39, 0.29) is 0 Å². The molecule has 1 atom stereocenters. The summed E-state index contributed by atoms with van der Waals surface area (Å²) in [6.45, 7) is 0.717. The minimum Gasteiger partial charge on any atom is -0.239 e. The maximum absolute atomic E-state index is 12.4. The number of alkyl halides is 3. The first-order valence-electron chi connectivity index (χ1n) is 2.14. The molecule has 0 amide bonds. The van der Waals surface area contributed by atoms with E-state index in [9.17, 15) is 13.2 Å². The Balaban J connectivity index is 4.01. The fraction of sp³-hybridized carbons (Fsp3) is 1.00. The normalized spacial score (nSPS) is 18.7. The lowest BCUT2D eigenvalue weighted by Crippen LogP contribution is -2.38. The summed E-state index contributed by atoms with van der Waals surface area (Å²) < 4.78 is 35.5. The van der Waals surface area contributed by atoms with Gasteiger partial charge < -0.3 is 0 Å². The number of halogens is 5. The van der Waals surface area contributed by atoms with E-state index in [1.807, 2.05) is 0 Å². The van der Waals surface area contributed by atoms with E-state index < -0.39 is 19.1 Å². The quantitative estimate of drug-likeness (QED) is 0.470. The van der Waals surface area contributed by atoms with Crippen LogP contribution in [0.3, 0.4) is 0 Å². The van der Waals surface area contributed by atoms with Gasteiger partial charge in [0.2, 0.25) is 0 Å². The van der Waals surface area contributed by atoms with E-state index in [0.29, 0.717) is 6.92 Å². The van der Waals surface area contributed by atoms with Crippen molar-refractivity contribution in [1.82, 2.24) is 0 Å². The molecule has 0 heterocycles. The van der Waals surface area contributed by atoms with Crippen LogP contribution in [0.1, 0.15) is 6.92 Å². The zero-order valence-electron chi connectivity index (χ0n) is 4.54. The fourth-order valence-corrected chi connectivity index (χ4v) is 0.857. The summed E-state index contributed by atoms with van der Waals surface area (Å²) in [7, 11) is -2.91. The average molecular weight is 197 g/mol. The van der Waals surface area contributed by atoms with Crippen molar-refractivity contribution in [2.45, 2.75) is 18.6 Å². The van der Waals surface area contributed by atoms with Gasteiger partial charge in [0.15, 0.2) is 5.29 Å². The van der Waals surface area contributed by atoms with Crippen molar-refractivity contribution in [2.24, 2.45) is 0 Å². The van der Waals surface area contributed by atoms with Crippen molar-refractivity contribution in [1.29, 1.82) is 0 Å². The van der Waals surface area contributed by atoms with Gasteiger partial charge in [0.25, 0.3) is 13.8 Å². The fourth-order valence-electron chi connectivity index (χ4n) is 0.0952. The maximum atomic E-state index is 12.4. The van der Waals surface area contributed by atoms with E-state index in [2.05, 4.69) is 0 Å². The zero-order valence-corrected chi connectivity index (χ0v) is 7.21. The lowest BCUT2D eigenvalue weighted by molar-refractivity contribution is 0.0310. The minimum atomic E-state index is -3.08. The summed E-state index contributed by atoms with van der Waals surface area (Å²) in [6.07, 6.45) is -3.08. The molecule has 0 saturated carbocycles. The number of hydrogen-bond acceptors (Lipinski definition) is 0. The predicted molar refractivity (Wildman–Crippen MR) is 34.4 cm³/mol. The molecule has 0 radical (unpaired) electrons. The molecule has 0 saturated heterocycles. The van der Waals surface area contributed by atoms with Crippen LogP contribution in [0.2, 0.25) is 0 Å². The van der Waals surface area contributed by atoms with E-state index in [1.54, 1.807) is 0 Å². The molecule has 0 aliphatic carbocycles. The van der Waals surface area contributed by atoms with Crippen LogP contribution in [0.4, 0.5) is 13.2 Å². The van der Waals surface area contributed by atoms with E-state index in [0.717, 1.165) is 0 Å². The van der Waals surface area contributed by atoms with E-state index >= 15 is 0 Å². The Labute approximate surface area is 62.0 Å². The van der Waals surface area contributed by atoms with Crippen molar-refractivity contribution in [3.05, 3.63) is 0 Å². The second-order valence-corrected chi connectivity index (χ2v) is 6.77. The van der Waals surface area contributed by atoms with Gasteiger partial charge in [-0.3, -0.25) is 0 Å². The van der Waals surface area contributed by atoms with Gasteiger partial charge in [-0.1, -0.05) is 0 Å². The molecule has 0 nitrogen and oxygen atoms in total. The lowest BCUT2D eigenvalue weighted by Gasteiger charge is -2.17. The summed E-state index contributed by atoms with van der Waals surface area (Å²) in [6, 6.07) is 0. The van der Waals surface area contributed by atoms with Gasteiger partial charge in [-0.05, 0) is 6.92 Å². The first kappa shape index (κ1) is 9.59. The van der Waals surface area contributed by atoms with Crippen LogP contribution >= 0.6 is 22.2 Å². The lowest BCUT2D eigenvalue weighted by atomic mass is 10.4. The summed E-state index contributed by atoms with van der Waals surface area (Å²) in [5.41, 5.74) is 0. The SMILES string of the molecule is CC(F)(C(F)F)[SiH](Cl)Cl. The Morgan fingerprint density at radius 2 is 1.78 bits per heavy atom. The third kappa shape index (κ3) is 2.35. The highest BCUT2D eigenvalue weighted by Crippen LogP contribution is 2.27. The van der Waals surface area contributed by atoms with Gasteiger partial charge in [0.05, 0.1) is 0 Å². The molecular weight excluding hydrogens is 192 g/mol. The third-order valence-corrected chi connectivity index (χ3v) is 4.52. The molecule has 0 aliphatic rings. The highest BCUT2D eigenvalue weighted by Gasteiger charge is 2.43. The third-order valence-electron chi connectivity index (χ3n) is 0.853. The molecule has 56 valence electrons. The first-order valence-corrected chi connectivity index (χ1v) is 6.21. The summed E-state index contributed by atoms with van der Waals surface area (Å²) in [4.78, 5) is 0. The molecule has 6 heteroatoms. The smallest absolute Gasteiger partial charge is 0.239 e.